The number of ether oxygens (including phenoxy) is 10. The Labute approximate surface area is 326 Å². The van der Waals surface area contributed by atoms with Gasteiger partial charge in [0.05, 0.1) is 39.7 Å². The number of allylic oxidation sites excluding steroid dienone is 1. The summed E-state index contributed by atoms with van der Waals surface area (Å²) >= 11 is 1.75. The standard InChI is InChI=1S/C34H32N2O18S2/c1-3-24(37)45-11-13-47-26(39)7-9-28(41)49-15-17-51-33(43)53-22-5-6-23(31-30(22)55-32(56-31)21(19-35)20-36)54-34(44)52-18-16-50-29(42)10-8-27(40)48-14-12-46-25(38)4-2/h3-6H,1-2,7-18H2. The number of hydrogen-bond donors (Lipinski definition) is 0. The summed E-state index contributed by atoms with van der Waals surface area (Å²) in [5.41, 5.74) is -0.272. The molecule has 0 fully saturated rings. The van der Waals surface area contributed by atoms with Gasteiger partial charge in [-0.2, -0.15) is 10.5 Å². The Morgan fingerprint density at radius 2 is 0.821 bits per heavy atom. The molecule has 0 saturated heterocycles. The van der Waals surface area contributed by atoms with Crippen LogP contribution in [0.2, 0.25) is 0 Å². The van der Waals surface area contributed by atoms with Crippen LogP contribution >= 0.6 is 23.5 Å². The van der Waals surface area contributed by atoms with Crippen LogP contribution in [0.4, 0.5) is 9.59 Å². The molecule has 1 aromatic carbocycles. The third-order valence-corrected chi connectivity index (χ3v) is 8.58. The molecule has 0 unspecified atom stereocenters. The van der Waals surface area contributed by atoms with E-state index < -0.39 is 61.3 Å². The summed E-state index contributed by atoms with van der Waals surface area (Å²) in [6, 6.07) is 5.95. The van der Waals surface area contributed by atoms with E-state index in [1.54, 1.807) is 12.1 Å². The largest absolute Gasteiger partial charge is 0.514 e. The van der Waals surface area contributed by atoms with Crippen molar-refractivity contribution in [3.05, 3.63) is 47.3 Å². The molecular formula is C34H32N2O18S2. The number of benzene rings is 1. The molecule has 0 N–H and O–H groups in total. The molecule has 298 valence electrons. The lowest BCUT2D eigenvalue weighted by molar-refractivity contribution is -0.153. The first-order chi connectivity index (χ1) is 26.9. The highest BCUT2D eigenvalue weighted by Crippen LogP contribution is 2.58. The third kappa shape index (κ3) is 17.5. The predicted octanol–water partition coefficient (Wildman–Crippen LogP) is 3.37. The first kappa shape index (κ1) is 45.6. The highest BCUT2D eigenvalue weighted by atomic mass is 32.2. The second kappa shape index (κ2) is 25.5. The highest BCUT2D eigenvalue weighted by molar-refractivity contribution is 8.24. The molecule has 0 amide bonds. The van der Waals surface area contributed by atoms with E-state index in [2.05, 4.69) is 22.6 Å². The van der Waals surface area contributed by atoms with Crippen molar-refractivity contribution in [1.82, 2.24) is 0 Å². The maximum absolute atomic E-state index is 12.4. The van der Waals surface area contributed by atoms with Gasteiger partial charge in [0.25, 0.3) is 0 Å². The average Bonchev–Trinajstić information content (AvgIpc) is 3.64. The van der Waals surface area contributed by atoms with Crippen LogP contribution in [0.15, 0.2) is 57.0 Å². The number of carbonyl (C=O) groups excluding carboxylic acids is 8. The zero-order valence-electron chi connectivity index (χ0n) is 29.3. The van der Waals surface area contributed by atoms with Gasteiger partial charge in [0.1, 0.15) is 82.1 Å². The van der Waals surface area contributed by atoms with Gasteiger partial charge in [0, 0.05) is 12.2 Å². The van der Waals surface area contributed by atoms with E-state index >= 15 is 0 Å². The summed E-state index contributed by atoms with van der Waals surface area (Å²) < 4.78 is 49.2. The van der Waals surface area contributed by atoms with Crippen LogP contribution in [0.1, 0.15) is 25.7 Å². The van der Waals surface area contributed by atoms with Crippen LogP contribution in [0.5, 0.6) is 11.5 Å². The number of fused-ring (bicyclic) bond motifs is 1. The van der Waals surface area contributed by atoms with Crippen LogP contribution < -0.4 is 9.47 Å². The average molecular weight is 821 g/mol. The number of hydrogen-bond acceptors (Lipinski definition) is 22. The van der Waals surface area contributed by atoms with Gasteiger partial charge >= 0.3 is 48.1 Å². The van der Waals surface area contributed by atoms with E-state index in [1.165, 1.54) is 12.1 Å². The van der Waals surface area contributed by atoms with Crippen molar-refractivity contribution in [2.24, 2.45) is 0 Å². The Hall–Kier alpha value is -6.52. The monoisotopic (exact) mass is 820 g/mol. The molecule has 2 rings (SSSR count). The Kier molecular flexibility index (Phi) is 20.8. The Morgan fingerprint density at radius 1 is 0.518 bits per heavy atom. The zero-order chi connectivity index (χ0) is 41.3. The number of nitrogens with zero attached hydrogens (tertiary/aromatic N) is 2. The molecule has 1 heterocycles. The lowest BCUT2D eigenvalue weighted by atomic mass is 10.3. The van der Waals surface area contributed by atoms with Crippen molar-refractivity contribution in [3.63, 3.8) is 0 Å². The van der Waals surface area contributed by atoms with Crippen molar-refractivity contribution in [2.45, 2.75) is 35.5 Å². The van der Waals surface area contributed by atoms with E-state index in [9.17, 15) is 48.9 Å². The number of esters is 6. The number of thioether (sulfide) groups is 2. The van der Waals surface area contributed by atoms with Gasteiger partial charge in [-0.05, 0) is 12.1 Å². The van der Waals surface area contributed by atoms with Crippen LogP contribution in [-0.4, -0.2) is 101 Å². The number of rotatable bonds is 22. The molecular weight excluding hydrogens is 789 g/mol. The van der Waals surface area contributed by atoms with Crippen LogP contribution in [0.25, 0.3) is 0 Å². The van der Waals surface area contributed by atoms with E-state index in [0.29, 0.717) is 0 Å². The van der Waals surface area contributed by atoms with Crippen LogP contribution in [0.3, 0.4) is 0 Å². The van der Waals surface area contributed by atoms with Gasteiger partial charge in [0.2, 0.25) is 0 Å². The molecule has 0 radical (unpaired) electrons. The van der Waals surface area contributed by atoms with Gasteiger partial charge in [0.15, 0.2) is 0 Å². The molecule has 1 aliphatic rings. The fraction of sp³-hybridized carbons (Fsp3) is 0.353. The molecule has 0 atom stereocenters. The third-order valence-electron chi connectivity index (χ3n) is 5.96. The molecule has 0 bridgehead atoms. The second-order valence-electron chi connectivity index (χ2n) is 9.84. The van der Waals surface area contributed by atoms with Crippen LogP contribution in [-0.2, 0) is 66.7 Å². The minimum atomic E-state index is -1.22. The Balaban J connectivity index is 1.82. The summed E-state index contributed by atoms with van der Waals surface area (Å²) in [6.07, 6.45) is -1.86. The fourth-order valence-corrected chi connectivity index (χ4v) is 6.00. The highest BCUT2D eigenvalue weighted by Gasteiger charge is 2.31. The van der Waals surface area contributed by atoms with Gasteiger partial charge in [-0.25, -0.2) is 19.2 Å². The van der Waals surface area contributed by atoms with Crippen molar-refractivity contribution >= 4 is 71.7 Å². The Bertz CT molecular complexity index is 1670. The normalized spacial score (nSPS) is 10.8. The molecule has 56 heavy (non-hydrogen) atoms. The van der Waals surface area contributed by atoms with E-state index in [1.807, 2.05) is 0 Å². The minimum absolute atomic E-state index is 0.102. The first-order valence-corrected chi connectivity index (χ1v) is 17.5. The van der Waals surface area contributed by atoms with Gasteiger partial charge in [-0.15, -0.1) is 0 Å². The predicted molar refractivity (Wildman–Crippen MR) is 185 cm³/mol. The molecule has 1 aromatic rings. The summed E-state index contributed by atoms with van der Waals surface area (Å²) in [5.74, 6) is -4.62. The van der Waals surface area contributed by atoms with E-state index in [4.69, 9.17) is 37.9 Å². The van der Waals surface area contributed by atoms with Crippen molar-refractivity contribution in [1.29, 1.82) is 10.5 Å². The van der Waals surface area contributed by atoms with E-state index in [-0.39, 0.29) is 96.4 Å². The molecule has 0 saturated carbocycles. The molecule has 0 aromatic heterocycles. The topological polar surface area (TPSA) is 276 Å². The Morgan fingerprint density at radius 3 is 1.12 bits per heavy atom. The fourth-order valence-electron chi connectivity index (χ4n) is 3.51. The van der Waals surface area contributed by atoms with Crippen molar-refractivity contribution < 1.29 is 85.7 Å². The van der Waals surface area contributed by atoms with Crippen LogP contribution in [0, 0.1) is 22.7 Å². The lowest BCUT2D eigenvalue weighted by Crippen LogP contribution is -2.18. The summed E-state index contributed by atoms with van der Waals surface area (Å²) in [6.45, 7) is 4.00. The van der Waals surface area contributed by atoms with Gasteiger partial charge < -0.3 is 47.4 Å². The number of nitriles is 2. The van der Waals surface area contributed by atoms with Crippen molar-refractivity contribution in [3.8, 4) is 23.6 Å². The summed E-state index contributed by atoms with van der Waals surface area (Å²) in [5, 5.41) is 18.7. The maximum Gasteiger partial charge on any atom is 0.514 e. The van der Waals surface area contributed by atoms with Gasteiger partial charge in [-0.3, -0.25) is 19.2 Å². The molecule has 20 nitrogen and oxygen atoms in total. The second-order valence-corrected chi connectivity index (χ2v) is 12.1. The summed E-state index contributed by atoms with van der Waals surface area (Å²) in [4.78, 5) is 94.1. The summed E-state index contributed by atoms with van der Waals surface area (Å²) in [7, 11) is 0. The smallest absolute Gasteiger partial charge is 0.462 e. The quantitative estimate of drug-likeness (QED) is 0.0405. The SMILES string of the molecule is C=CC(=O)OCCOC(=O)CCC(=O)OCCOC(=O)Oc1ccc(OC(=O)OCCOC(=O)CCC(=O)OCCOC(=O)C=C)c2c1SC(=C(C#N)C#N)S2. The van der Waals surface area contributed by atoms with Crippen molar-refractivity contribution in [2.75, 3.05) is 52.9 Å². The number of carbonyl (C=O) groups is 8. The molecule has 0 aliphatic carbocycles. The molecule has 0 spiro atoms. The zero-order valence-corrected chi connectivity index (χ0v) is 30.9. The maximum atomic E-state index is 12.4. The molecule has 22 heteroatoms. The minimum Gasteiger partial charge on any atom is -0.462 e. The van der Waals surface area contributed by atoms with Gasteiger partial charge in [-0.1, -0.05) is 36.7 Å². The van der Waals surface area contributed by atoms with E-state index in [0.717, 1.165) is 35.7 Å². The first-order valence-electron chi connectivity index (χ1n) is 15.9. The lowest BCUT2D eigenvalue weighted by Gasteiger charge is -2.12. The molecule has 1 aliphatic heterocycles.